The maximum atomic E-state index is 13.0. The molecule has 3 amide bonds. The molecule has 1 heterocycles. The first-order chi connectivity index (χ1) is 16.3. The van der Waals surface area contributed by atoms with Gasteiger partial charge in [0.2, 0.25) is 0 Å². The molecule has 3 aromatic carbocycles. The fourth-order valence-corrected chi connectivity index (χ4v) is 3.73. The molecule has 0 aliphatic heterocycles. The Balaban J connectivity index is 1.57. The lowest BCUT2D eigenvalue weighted by molar-refractivity contribution is -0.136. The van der Waals surface area contributed by atoms with Crippen molar-refractivity contribution in [1.29, 1.82) is 0 Å². The summed E-state index contributed by atoms with van der Waals surface area (Å²) in [5, 5.41) is 7.21. The van der Waals surface area contributed by atoms with Gasteiger partial charge in [-0.1, -0.05) is 59.1 Å². The molecule has 0 fully saturated rings. The minimum Gasteiger partial charge on any atom is -0.344 e. The first-order valence-electron chi connectivity index (χ1n) is 10.0. The number of para-hydroxylation sites is 1. The Morgan fingerprint density at radius 2 is 1.50 bits per heavy atom. The molecule has 7 nitrogen and oxygen atoms in total. The smallest absolute Gasteiger partial charge is 0.328 e. The predicted molar refractivity (Wildman–Crippen MR) is 134 cm³/mol. The molecule has 0 aliphatic rings. The molecule has 0 aliphatic carbocycles. The van der Waals surface area contributed by atoms with Crippen LogP contribution >= 0.6 is 34.8 Å². The number of halogens is 3. The van der Waals surface area contributed by atoms with Crippen LogP contribution in [0.15, 0.2) is 72.8 Å². The van der Waals surface area contributed by atoms with Crippen molar-refractivity contribution in [2.45, 2.75) is 6.54 Å². The molecule has 4 aromatic rings. The molecule has 0 spiro atoms. The highest BCUT2D eigenvalue weighted by molar-refractivity contribution is 6.38. The maximum Gasteiger partial charge on any atom is 0.328 e. The fraction of sp³-hybridized carbons (Fsp3) is 0.0417. The largest absolute Gasteiger partial charge is 0.344 e. The normalized spacial score (nSPS) is 10.7. The van der Waals surface area contributed by atoms with Gasteiger partial charge in [-0.05, 0) is 54.1 Å². The van der Waals surface area contributed by atoms with E-state index in [1.807, 2.05) is 0 Å². The molecular weight excluding hydrogens is 499 g/mol. The van der Waals surface area contributed by atoms with E-state index in [4.69, 9.17) is 34.8 Å². The Labute approximate surface area is 209 Å². The molecule has 34 heavy (non-hydrogen) atoms. The number of amides is 3. The van der Waals surface area contributed by atoms with Crippen LogP contribution in [0.3, 0.4) is 0 Å². The van der Waals surface area contributed by atoms with Crippen molar-refractivity contribution in [2.24, 2.45) is 0 Å². The van der Waals surface area contributed by atoms with Crippen LogP contribution in [0.1, 0.15) is 16.1 Å². The predicted octanol–water partition coefficient (Wildman–Crippen LogP) is 5.24. The van der Waals surface area contributed by atoms with Gasteiger partial charge in [-0.25, -0.2) is 4.68 Å². The average Bonchev–Trinajstić information content (AvgIpc) is 3.17. The number of anilines is 1. The van der Waals surface area contributed by atoms with Gasteiger partial charge in [0.25, 0.3) is 5.91 Å². The third-order valence-corrected chi connectivity index (χ3v) is 5.72. The minimum absolute atomic E-state index is 0.0797. The standard InChI is InChI=1S/C24H17Cl3N4O3/c25-16-7-5-14(6-8-16)13-28-23(33)24(34)30-31-20-10-9-17(26)11-15(20)12-21(31)22(32)29-19-4-2-1-3-18(19)27/h1-12H,13H2,(H,28,33)(H,29,32)(H,30,34). The zero-order valence-electron chi connectivity index (χ0n) is 17.4. The van der Waals surface area contributed by atoms with Crippen LogP contribution in [0.5, 0.6) is 0 Å². The fourth-order valence-electron chi connectivity index (χ4n) is 3.24. The van der Waals surface area contributed by atoms with Gasteiger partial charge in [0.05, 0.1) is 16.2 Å². The third kappa shape index (κ3) is 5.34. The van der Waals surface area contributed by atoms with Crippen LogP contribution < -0.4 is 16.1 Å². The number of nitrogens with one attached hydrogen (secondary N) is 3. The third-order valence-electron chi connectivity index (χ3n) is 4.90. The van der Waals surface area contributed by atoms with Crippen molar-refractivity contribution in [3.63, 3.8) is 0 Å². The first-order valence-corrected chi connectivity index (χ1v) is 11.2. The number of carbonyl (C=O) groups is 3. The molecule has 3 N–H and O–H groups in total. The van der Waals surface area contributed by atoms with E-state index in [9.17, 15) is 14.4 Å². The van der Waals surface area contributed by atoms with Crippen molar-refractivity contribution in [3.8, 4) is 0 Å². The highest BCUT2D eigenvalue weighted by Gasteiger charge is 2.21. The highest BCUT2D eigenvalue weighted by atomic mass is 35.5. The molecule has 0 radical (unpaired) electrons. The summed E-state index contributed by atoms with van der Waals surface area (Å²) in [4.78, 5) is 38.1. The van der Waals surface area contributed by atoms with Crippen LogP contribution in [-0.4, -0.2) is 22.4 Å². The summed E-state index contributed by atoms with van der Waals surface area (Å²) in [5.41, 5.74) is 4.21. The van der Waals surface area contributed by atoms with Crippen molar-refractivity contribution in [2.75, 3.05) is 10.7 Å². The van der Waals surface area contributed by atoms with E-state index in [-0.39, 0.29) is 12.2 Å². The summed E-state index contributed by atoms with van der Waals surface area (Å²) in [6, 6.07) is 20.0. The molecule has 1 aromatic heterocycles. The molecule has 0 saturated carbocycles. The number of aromatic nitrogens is 1. The van der Waals surface area contributed by atoms with E-state index in [0.29, 0.717) is 31.7 Å². The maximum absolute atomic E-state index is 13.0. The summed E-state index contributed by atoms with van der Waals surface area (Å²) < 4.78 is 1.24. The SMILES string of the molecule is O=C(NCc1ccc(Cl)cc1)C(=O)Nn1c(C(=O)Nc2ccccc2Cl)cc2cc(Cl)ccc21. The summed E-state index contributed by atoms with van der Waals surface area (Å²) in [6.07, 6.45) is 0. The van der Waals surface area contributed by atoms with Gasteiger partial charge in [0, 0.05) is 22.0 Å². The minimum atomic E-state index is -0.951. The van der Waals surface area contributed by atoms with Crippen LogP contribution in [-0.2, 0) is 16.1 Å². The Kier molecular flexibility index (Phi) is 7.07. The van der Waals surface area contributed by atoms with Crippen LogP contribution in [0.2, 0.25) is 15.1 Å². The summed E-state index contributed by atoms with van der Waals surface area (Å²) in [6.45, 7) is 0.130. The van der Waals surface area contributed by atoms with E-state index in [1.165, 1.54) is 4.68 Å². The Hall–Kier alpha value is -3.52. The first kappa shape index (κ1) is 23.6. The van der Waals surface area contributed by atoms with Gasteiger partial charge >= 0.3 is 11.8 Å². The average molecular weight is 516 g/mol. The molecule has 0 unspecified atom stereocenters. The van der Waals surface area contributed by atoms with Crippen molar-refractivity contribution >= 4 is 69.1 Å². The number of fused-ring (bicyclic) bond motifs is 1. The molecule has 4 rings (SSSR count). The Bertz CT molecular complexity index is 1400. The second-order valence-corrected chi connectivity index (χ2v) is 8.53. The van der Waals surface area contributed by atoms with E-state index in [2.05, 4.69) is 16.1 Å². The summed E-state index contributed by atoms with van der Waals surface area (Å²) in [5.74, 6) is -2.36. The molecule has 0 saturated heterocycles. The zero-order valence-corrected chi connectivity index (χ0v) is 19.7. The van der Waals surface area contributed by atoms with E-state index >= 15 is 0 Å². The number of hydrogen-bond donors (Lipinski definition) is 3. The number of carbonyl (C=O) groups excluding carboxylic acids is 3. The van der Waals surface area contributed by atoms with Gasteiger partial charge in [0.1, 0.15) is 5.69 Å². The lowest BCUT2D eigenvalue weighted by atomic mass is 10.2. The van der Waals surface area contributed by atoms with Gasteiger partial charge in [0.15, 0.2) is 0 Å². The quantitative estimate of drug-likeness (QED) is 0.317. The summed E-state index contributed by atoms with van der Waals surface area (Å²) in [7, 11) is 0. The topological polar surface area (TPSA) is 92.2 Å². The second-order valence-electron chi connectivity index (χ2n) is 7.25. The number of nitrogens with zero attached hydrogens (tertiary/aromatic N) is 1. The van der Waals surface area contributed by atoms with Gasteiger partial charge in [-0.15, -0.1) is 0 Å². The van der Waals surface area contributed by atoms with E-state index in [1.54, 1.807) is 72.8 Å². The Morgan fingerprint density at radius 1 is 0.794 bits per heavy atom. The van der Waals surface area contributed by atoms with Crippen LogP contribution in [0.25, 0.3) is 10.9 Å². The Morgan fingerprint density at radius 3 is 2.24 bits per heavy atom. The lowest BCUT2D eigenvalue weighted by Gasteiger charge is -2.13. The number of benzene rings is 3. The lowest BCUT2D eigenvalue weighted by Crippen LogP contribution is -2.39. The van der Waals surface area contributed by atoms with Crippen molar-refractivity contribution in [1.82, 2.24) is 9.99 Å². The summed E-state index contributed by atoms with van der Waals surface area (Å²) >= 11 is 18.1. The van der Waals surface area contributed by atoms with Gasteiger partial charge < -0.3 is 10.6 Å². The van der Waals surface area contributed by atoms with E-state index in [0.717, 1.165) is 5.56 Å². The van der Waals surface area contributed by atoms with Gasteiger partial charge in [-0.3, -0.25) is 19.8 Å². The molecule has 0 bridgehead atoms. The zero-order chi connectivity index (χ0) is 24.2. The van der Waals surface area contributed by atoms with Crippen LogP contribution in [0, 0.1) is 0 Å². The highest BCUT2D eigenvalue weighted by Crippen LogP contribution is 2.25. The molecular formula is C24H17Cl3N4O3. The molecule has 0 atom stereocenters. The number of rotatable bonds is 5. The van der Waals surface area contributed by atoms with Crippen molar-refractivity contribution < 1.29 is 14.4 Å². The van der Waals surface area contributed by atoms with Crippen LogP contribution in [0.4, 0.5) is 5.69 Å². The van der Waals surface area contributed by atoms with Gasteiger partial charge in [-0.2, -0.15) is 0 Å². The van der Waals surface area contributed by atoms with Crippen molar-refractivity contribution in [3.05, 3.63) is 99.1 Å². The number of hydrogen-bond acceptors (Lipinski definition) is 3. The second kappa shape index (κ2) is 10.2. The van der Waals surface area contributed by atoms with E-state index < -0.39 is 17.7 Å². The molecule has 10 heteroatoms. The monoisotopic (exact) mass is 514 g/mol. The molecule has 172 valence electrons.